The first kappa shape index (κ1) is 40.5. The van der Waals surface area contributed by atoms with Crippen LogP contribution in [0.15, 0.2) is 23.1 Å². The van der Waals surface area contributed by atoms with E-state index in [9.17, 15) is 9.90 Å². The summed E-state index contributed by atoms with van der Waals surface area (Å²) in [6.45, 7) is 9.86. The van der Waals surface area contributed by atoms with E-state index < -0.39 is 5.50 Å². The standard InChI is InChI=1S/C5H11BNOP.C5H9BNP.C5H10BN.C5H8BN.C5H10NOP.CH4/c6-5(8)1-3-7(9)4-2-5;6-5-1-3-7(8)4-2-5;2*6-5-1-3-7-4-2-5;7-5-1-3-6(8)4-2-5;/h8H,1-4,9H2;1H,2-4,8H2;5,7H,1-4H2;1,7H,2-4H2;1-4,8H2;1H4. The molecule has 0 aromatic carbocycles. The van der Waals surface area contributed by atoms with Crippen LogP contribution in [0.2, 0.25) is 5.82 Å². The van der Waals surface area contributed by atoms with E-state index in [1.54, 1.807) is 0 Å². The zero-order valence-electron chi connectivity index (χ0n) is 23.7. The molecule has 5 aliphatic rings. The van der Waals surface area contributed by atoms with E-state index in [4.69, 9.17) is 31.4 Å². The summed E-state index contributed by atoms with van der Waals surface area (Å²) in [5, 5.41) is 15.6. The Hall–Kier alpha value is 0.460. The third-order valence-corrected chi connectivity index (χ3v) is 8.28. The Balaban J connectivity index is 0.000000474. The zero-order chi connectivity index (χ0) is 29.1. The molecule has 5 aliphatic heterocycles. The summed E-state index contributed by atoms with van der Waals surface area (Å²) in [5.41, 5.74) is 1.16. The van der Waals surface area contributed by atoms with Crippen molar-refractivity contribution < 1.29 is 9.90 Å². The van der Waals surface area contributed by atoms with Gasteiger partial charge in [0.2, 0.25) is 0 Å². The van der Waals surface area contributed by atoms with E-state index >= 15 is 0 Å². The molecule has 40 heavy (non-hydrogen) atoms. The summed E-state index contributed by atoms with van der Waals surface area (Å²) in [5.74, 6) is 0.880. The summed E-state index contributed by atoms with van der Waals surface area (Å²) < 4.78 is 6.35. The molecule has 0 spiro atoms. The fraction of sp³-hybridized carbons (Fsp3) is 0.808. The molecule has 0 bridgehead atoms. The number of Topliss-reactive ketones (excluding diaryl/α,β-unsaturated/α-hetero) is 1. The number of rotatable bonds is 0. The third kappa shape index (κ3) is 23.0. The van der Waals surface area contributed by atoms with E-state index in [0.29, 0.717) is 24.4 Å². The summed E-state index contributed by atoms with van der Waals surface area (Å²) in [6, 6.07) is 0. The van der Waals surface area contributed by atoms with Crippen molar-refractivity contribution in [3.63, 3.8) is 0 Å². The Morgan fingerprint density at radius 3 is 1.65 bits per heavy atom. The molecule has 0 amide bonds. The minimum absolute atomic E-state index is 0. The van der Waals surface area contributed by atoms with Gasteiger partial charge in [-0.1, -0.05) is 53.6 Å². The molecule has 5 rings (SSSR count). The number of aliphatic hydroxyl groups is 1. The maximum absolute atomic E-state index is 10.6. The maximum Gasteiger partial charge on any atom is 0.135 e. The largest absolute Gasteiger partial charge is 0.400 e. The van der Waals surface area contributed by atoms with E-state index in [0.717, 1.165) is 115 Å². The van der Waals surface area contributed by atoms with Gasteiger partial charge < -0.3 is 15.7 Å². The Kier molecular flexibility index (Phi) is 24.1. The topological polar surface area (TPSA) is 71.1 Å². The first-order chi connectivity index (χ1) is 18.5. The first-order valence-electron chi connectivity index (χ1n) is 14.0. The van der Waals surface area contributed by atoms with Gasteiger partial charge in [0.05, 0.1) is 7.85 Å². The minimum Gasteiger partial charge on any atom is -0.400 e. The molecular formula is C26H52B4N5O2P3. The van der Waals surface area contributed by atoms with Crippen molar-refractivity contribution in [2.24, 2.45) is 0 Å². The number of nitrogens with zero attached hydrogens (tertiary/aromatic N) is 3. The number of carbonyl (C=O) groups is 1. The Bertz CT molecular complexity index is 727. The molecule has 0 saturated carbocycles. The third-order valence-electron chi connectivity index (χ3n) is 6.78. The van der Waals surface area contributed by atoms with Gasteiger partial charge in [-0.25, -0.2) is 0 Å². The van der Waals surface area contributed by atoms with E-state index in [2.05, 4.69) is 58.9 Å². The normalized spacial score (nSPS) is 23.9. The maximum atomic E-state index is 10.6. The average molecular weight is 603 g/mol. The van der Waals surface area contributed by atoms with Crippen LogP contribution in [0.3, 0.4) is 0 Å². The van der Waals surface area contributed by atoms with Gasteiger partial charge in [0, 0.05) is 64.2 Å². The van der Waals surface area contributed by atoms with Crippen LogP contribution in [-0.2, 0) is 4.79 Å². The lowest BCUT2D eigenvalue weighted by molar-refractivity contribution is -0.120. The molecular weight excluding hydrogens is 550 g/mol. The lowest BCUT2D eigenvalue weighted by Gasteiger charge is -2.33. The molecule has 14 heteroatoms. The van der Waals surface area contributed by atoms with Crippen LogP contribution in [0.1, 0.15) is 58.8 Å². The molecule has 5 heterocycles. The highest BCUT2D eigenvalue weighted by molar-refractivity contribution is 7.13. The van der Waals surface area contributed by atoms with Gasteiger partial charge in [-0.2, -0.15) is 0 Å². The second-order valence-corrected chi connectivity index (χ2v) is 12.7. The van der Waals surface area contributed by atoms with Gasteiger partial charge in [-0.15, -0.1) is 10.9 Å². The zero-order valence-corrected chi connectivity index (χ0v) is 27.2. The van der Waals surface area contributed by atoms with Crippen LogP contribution in [-0.4, -0.2) is 127 Å². The summed E-state index contributed by atoms with van der Waals surface area (Å²) >= 11 is 0. The average Bonchev–Trinajstić information content (AvgIpc) is 2.92. The van der Waals surface area contributed by atoms with Gasteiger partial charge in [-0.05, 0) is 58.2 Å². The highest BCUT2D eigenvalue weighted by Gasteiger charge is 2.24. The van der Waals surface area contributed by atoms with Crippen LogP contribution in [0.5, 0.6) is 0 Å². The quantitative estimate of drug-likeness (QED) is 0.288. The van der Waals surface area contributed by atoms with Crippen molar-refractivity contribution in [2.45, 2.75) is 70.1 Å². The van der Waals surface area contributed by atoms with Crippen molar-refractivity contribution in [3.05, 3.63) is 23.1 Å². The molecule has 7 nitrogen and oxygen atoms in total. The van der Waals surface area contributed by atoms with Gasteiger partial charge in [0.1, 0.15) is 29.3 Å². The van der Waals surface area contributed by atoms with Crippen LogP contribution in [0, 0.1) is 0 Å². The number of nitrogens with one attached hydrogen (secondary N) is 2. The molecule has 8 radical (unpaired) electrons. The lowest BCUT2D eigenvalue weighted by atomic mass is 9.75. The fourth-order valence-corrected chi connectivity index (χ4v) is 4.62. The summed E-state index contributed by atoms with van der Waals surface area (Å²) in [4.78, 5) is 10.6. The monoisotopic (exact) mass is 603 g/mol. The Morgan fingerprint density at radius 1 is 0.800 bits per heavy atom. The lowest BCUT2D eigenvalue weighted by Crippen LogP contribution is -2.40. The number of piperidine rings is 3. The first-order valence-corrected chi connectivity index (χ1v) is 15.6. The van der Waals surface area contributed by atoms with Crippen molar-refractivity contribution >= 4 is 65.3 Å². The second-order valence-electron chi connectivity index (χ2n) is 10.6. The van der Waals surface area contributed by atoms with Crippen molar-refractivity contribution in [3.8, 4) is 0 Å². The predicted molar refractivity (Wildman–Crippen MR) is 186 cm³/mol. The number of ketones is 1. The second kappa shape index (κ2) is 23.9. The van der Waals surface area contributed by atoms with E-state index in [-0.39, 0.29) is 7.43 Å². The highest BCUT2D eigenvalue weighted by atomic mass is 31.0. The fourth-order valence-electron chi connectivity index (χ4n) is 3.87. The summed E-state index contributed by atoms with van der Waals surface area (Å²) in [7, 11) is 29.9. The van der Waals surface area contributed by atoms with Gasteiger partial charge in [-0.3, -0.25) is 18.8 Å². The van der Waals surface area contributed by atoms with Crippen LogP contribution in [0.25, 0.3) is 0 Å². The van der Waals surface area contributed by atoms with E-state index in [1.165, 1.54) is 0 Å². The number of hydrogen-bond acceptors (Lipinski definition) is 7. The van der Waals surface area contributed by atoms with Gasteiger partial charge in [0.25, 0.3) is 0 Å². The minimum atomic E-state index is -0.896. The molecule has 3 unspecified atom stereocenters. The SMILES string of the molecule is C.O=C1CCN(P)CC1.[B]C1(O)CCN(P)CC1.[B]C1=CCN(P)CC1.[B]C1=CCNCC1.[B]C1CCNCC1. The van der Waals surface area contributed by atoms with E-state index in [1.807, 2.05) is 6.08 Å². The molecule has 0 aliphatic carbocycles. The number of carbonyl (C=O) groups excluding carboxylic acids is 1. The molecule has 220 valence electrons. The smallest absolute Gasteiger partial charge is 0.135 e. The van der Waals surface area contributed by atoms with Crippen LogP contribution < -0.4 is 10.6 Å². The van der Waals surface area contributed by atoms with Crippen molar-refractivity contribution in [1.82, 2.24) is 24.6 Å². The highest BCUT2D eigenvalue weighted by Crippen LogP contribution is 2.20. The molecule has 3 atom stereocenters. The summed E-state index contributed by atoms with van der Waals surface area (Å²) in [6.07, 6.45) is 11.2. The Morgan fingerprint density at radius 2 is 1.32 bits per heavy atom. The molecule has 3 fully saturated rings. The van der Waals surface area contributed by atoms with Crippen molar-refractivity contribution in [2.75, 3.05) is 65.4 Å². The van der Waals surface area contributed by atoms with Gasteiger partial charge >= 0.3 is 0 Å². The van der Waals surface area contributed by atoms with Crippen LogP contribution >= 0.6 is 28.2 Å². The molecule has 0 aromatic heterocycles. The predicted octanol–water partition coefficient (Wildman–Crippen LogP) is 1.70. The van der Waals surface area contributed by atoms with Crippen LogP contribution in [0.4, 0.5) is 0 Å². The Labute approximate surface area is 258 Å². The van der Waals surface area contributed by atoms with Crippen molar-refractivity contribution in [1.29, 1.82) is 0 Å². The molecule has 3 N–H and O–H groups in total. The molecule has 3 saturated heterocycles. The number of hydrogen-bond donors (Lipinski definition) is 3. The molecule has 0 aromatic rings. The van der Waals surface area contributed by atoms with Gasteiger partial charge in [0.15, 0.2) is 0 Å².